The van der Waals surface area contributed by atoms with Crippen molar-refractivity contribution in [2.75, 3.05) is 33.4 Å². The molecule has 1 aliphatic rings. The highest BCUT2D eigenvalue weighted by molar-refractivity contribution is 5.79. The van der Waals surface area contributed by atoms with E-state index in [9.17, 15) is 4.79 Å². The van der Waals surface area contributed by atoms with Crippen molar-refractivity contribution in [1.82, 2.24) is 15.1 Å². The first-order chi connectivity index (χ1) is 7.11. The molecule has 0 aliphatic carbocycles. The van der Waals surface area contributed by atoms with E-state index in [1.807, 2.05) is 4.90 Å². The van der Waals surface area contributed by atoms with E-state index in [4.69, 9.17) is 0 Å². The van der Waals surface area contributed by atoms with Crippen LogP contribution in [-0.4, -0.2) is 55.1 Å². The molecule has 0 saturated carbocycles. The minimum Gasteiger partial charge on any atom is -0.329 e. The fraction of sp³-hybridized carbons (Fsp3) is 0.909. The molecule has 4 heteroatoms. The molecule has 1 amide bonds. The average Bonchev–Trinajstić information content (AvgIpc) is 2.58. The quantitative estimate of drug-likeness (QED) is 0.653. The predicted octanol–water partition coefficient (Wildman–Crippen LogP) is 0.496. The zero-order valence-corrected chi connectivity index (χ0v) is 10.1. The summed E-state index contributed by atoms with van der Waals surface area (Å²) in [7, 11) is 2.15. The summed E-state index contributed by atoms with van der Waals surface area (Å²) in [6.07, 6.45) is 2.27. The van der Waals surface area contributed by atoms with Gasteiger partial charge in [-0.1, -0.05) is 0 Å². The van der Waals surface area contributed by atoms with Crippen LogP contribution < -0.4 is 5.32 Å². The van der Waals surface area contributed by atoms with Crippen LogP contribution in [0.1, 0.15) is 26.7 Å². The summed E-state index contributed by atoms with van der Waals surface area (Å²) in [4.78, 5) is 15.5. The van der Waals surface area contributed by atoms with Gasteiger partial charge in [0.25, 0.3) is 0 Å². The van der Waals surface area contributed by atoms with Crippen molar-refractivity contribution in [3.63, 3.8) is 0 Å². The third-order valence-electron chi connectivity index (χ3n) is 3.00. The van der Waals surface area contributed by atoms with E-state index in [1.54, 1.807) is 0 Å². The topological polar surface area (TPSA) is 35.6 Å². The number of nitrogens with one attached hydrogen (secondary N) is 1. The Hall–Kier alpha value is -0.610. The Morgan fingerprint density at radius 2 is 2.20 bits per heavy atom. The first-order valence-electron chi connectivity index (χ1n) is 5.80. The number of amides is 1. The largest absolute Gasteiger partial charge is 0.329 e. The van der Waals surface area contributed by atoms with Crippen LogP contribution in [0, 0.1) is 0 Å². The maximum atomic E-state index is 11.3. The molecule has 0 aromatic rings. The molecule has 1 saturated heterocycles. The van der Waals surface area contributed by atoms with Gasteiger partial charge in [0, 0.05) is 12.6 Å². The number of carbonyl (C=O) groups is 1. The number of rotatable bonds is 6. The van der Waals surface area contributed by atoms with Gasteiger partial charge in [-0.25, -0.2) is 0 Å². The summed E-state index contributed by atoms with van der Waals surface area (Å²) >= 11 is 0. The standard InChI is InChI=1S/C11H23N3O/c1-10(2)13(3)6-4-5-7-14-9-12-8-11(14)15/h10,12H,4-9H2,1-3H3. The van der Waals surface area contributed by atoms with Crippen LogP contribution in [-0.2, 0) is 4.79 Å². The molecule has 1 heterocycles. The number of unbranched alkanes of at least 4 members (excludes halogenated alkanes) is 1. The van der Waals surface area contributed by atoms with Gasteiger partial charge in [-0.2, -0.15) is 0 Å². The molecule has 15 heavy (non-hydrogen) atoms. The van der Waals surface area contributed by atoms with Crippen LogP contribution >= 0.6 is 0 Å². The van der Waals surface area contributed by atoms with Crippen molar-refractivity contribution in [3.05, 3.63) is 0 Å². The zero-order valence-electron chi connectivity index (χ0n) is 10.1. The van der Waals surface area contributed by atoms with Gasteiger partial charge < -0.3 is 9.80 Å². The maximum Gasteiger partial charge on any atom is 0.237 e. The second kappa shape index (κ2) is 6.08. The van der Waals surface area contributed by atoms with E-state index in [-0.39, 0.29) is 5.91 Å². The second-order valence-corrected chi connectivity index (χ2v) is 4.52. The average molecular weight is 213 g/mol. The molecule has 0 aromatic carbocycles. The summed E-state index contributed by atoms with van der Waals surface area (Å²) in [5, 5.41) is 3.06. The SMILES string of the molecule is CC(C)N(C)CCCCN1CNCC1=O. The Labute approximate surface area is 92.6 Å². The summed E-state index contributed by atoms with van der Waals surface area (Å²) in [5.74, 6) is 0.243. The van der Waals surface area contributed by atoms with Gasteiger partial charge in [-0.3, -0.25) is 10.1 Å². The van der Waals surface area contributed by atoms with Gasteiger partial charge in [0.15, 0.2) is 0 Å². The molecular formula is C11H23N3O. The lowest BCUT2D eigenvalue weighted by Gasteiger charge is -2.21. The van der Waals surface area contributed by atoms with Crippen LogP contribution in [0.4, 0.5) is 0 Å². The Balaban J connectivity index is 2.04. The molecule has 0 bridgehead atoms. The van der Waals surface area contributed by atoms with Crippen LogP contribution in [0.2, 0.25) is 0 Å². The highest BCUT2D eigenvalue weighted by Gasteiger charge is 2.18. The molecular weight excluding hydrogens is 190 g/mol. The molecule has 4 nitrogen and oxygen atoms in total. The molecule has 1 aliphatic heterocycles. The first kappa shape index (κ1) is 12.5. The molecule has 1 rings (SSSR count). The van der Waals surface area contributed by atoms with Gasteiger partial charge in [0.05, 0.1) is 13.2 Å². The van der Waals surface area contributed by atoms with E-state index >= 15 is 0 Å². The van der Waals surface area contributed by atoms with E-state index < -0.39 is 0 Å². The van der Waals surface area contributed by atoms with Crippen molar-refractivity contribution in [1.29, 1.82) is 0 Å². The summed E-state index contributed by atoms with van der Waals surface area (Å²) < 4.78 is 0. The number of carbonyl (C=O) groups excluding carboxylic acids is 1. The monoisotopic (exact) mass is 213 g/mol. The smallest absolute Gasteiger partial charge is 0.237 e. The van der Waals surface area contributed by atoms with Crippen molar-refractivity contribution < 1.29 is 4.79 Å². The van der Waals surface area contributed by atoms with Crippen LogP contribution in [0.15, 0.2) is 0 Å². The lowest BCUT2D eigenvalue weighted by molar-refractivity contribution is -0.126. The Morgan fingerprint density at radius 1 is 1.47 bits per heavy atom. The minimum absolute atomic E-state index is 0.243. The third kappa shape index (κ3) is 4.18. The van der Waals surface area contributed by atoms with E-state index in [0.29, 0.717) is 12.6 Å². The molecule has 0 spiro atoms. The van der Waals surface area contributed by atoms with Crippen molar-refractivity contribution in [3.8, 4) is 0 Å². The second-order valence-electron chi connectivity index (χ2n) is 4.52. The maximum absolute atomic E-state index is 11.3. The highest BCUT2D eigenvalue weighted by Crippen LogP contribution is 2.02. The van der Waals surface area contributed by atoms with Crippen molar-refractivity contribution in [2.45, 2.75) is 32.7 Å². The van der Waals surface area contributed by atoms with Crippen molar-refractivity contribution >= 4 is 5.91 Å². The third-order valence-corrected chi connectivity index (χ3v) is 3.00. The summed E-state index contributed by atoms with van der Waals surface area (Å²) in [5.41, 5.74) is 0. The molecule has 0 atom stereocenters. The zero-order chi connectivity index (χ0) is 11.3. The molecule has 1 fully saturated rings. The highest BCUT2D eigenvalue weighted by atomic mass is 16.2. The minimum atomic E-state index is 0.243. The summed E-state index contributed by atoms with van der Waals surface area (Å²) in [6, 6.07) is 0.611. The lowest BCUT2D eigenvalue weighted by Crippen LogP contribution is -2.30. The van der Waals surface area contributed by atoms with Crippen LogP contribution in [0.5, 0.6) is 0 Å². The fourth-order valence-corrected chi connectivity index (χ4v) is 1.62. The van der Waals surface area contributed by atoms with Gasteiger partial charge in [-0.15, -0.1) is 0 Å². The van der Waals surface area contributed by atoms with E-state index in [0.717, 1.165) is 26.2 Å². The van der Waals surface area contributed by atoms with Crippen LogP contribution in [0.3, 0.4) is 0 Å². The lowest BCUT2D eigenvalue weighted by atomic mass is 10.2. The Morgan fingerprint density at radius 3 is 2.73 bits per heavy atom. The summed E-state index contributed by atoms with van der Waals surface area (Å²) in [6.45, 7) is 7.68. The molecule has 1 N–H and O–H groups in total. The number of hydrogen-bond donors (Lipinski definition) is 1. The van der Waals surface area contributed by atoms with Gasteiger partial charge in [-0.05, 0) is 40.3 Å². The van der Waals surface area contributed by atoms with Gasteiger partial charge in [0.1, 0.15) is 0 Å². The van der Waals surface area contributed by atoms with Crippen LogP contribution in [0.25, 0.3) is 0 Å². The Kier molecular flexibility index (Phi) is 5.05. The Bertz CT molecular complexity index is 206. The number of nitrogens with zero attached hydrogens (tertiary/aromatic N) is 2. The van der Waals surface area contributed by atoms with Gasteiger partial charge >= 0.3 is 0 Å². The molecule has 0 radical (unpaired) electrons. The molecule has 0 aromatic heterocycles. The van der Waals surface area contributed by atoms with Gasteiger partial charge in [0.2, 0.25) is 5.91 Å². The van der Waals surface area contributed by atoms with E-state index in [2.05, 4.69) is 31.1 Å². The first-order valence-corrected chi connectivity index (χ1v) is 5.80. The molecule has 0 unspecified atom stereocenters. The van der Waals surface area contributed by atoms with E-state index in [1.165, 1.54) is 6.42 Å². The fourth-order valence-electron chi connectivity index (χ4n) is 1.62. The van der Waals surface area contributed by atoms with Crippen molar-refractivity contribution in [2.24, 2.45) is 0 Å². The molecule has 88 valence electrons. The number of hydrogen-bond acceptors (Lipinski definition) is 3. The normalized spacial score (nSPS) is 17.1. The predicted molar refractivity (Wildman–Crippen MR) is 61.6 cm³/mol.